The molecule has 0 bridgehead atoms. The van der Waals surface area contributed by atoms with Crippen LogP contribution in [0.25, 0.3) is 0 Å². The molecule has 2 N–H and O–H groups in total. The summed E-state index contributed by atoms with van der Waals surface area (Å²) in [5.74, 6) is 0.828. The standard InChI is InChI=1S/C20H32N2O/c1-2-18(17-11-6-5-7-12-17)19-13-10-16-22(19)20(23)14-8-3-4-9-15-21/h5-7,11-12,18-19H,2-4,8-10,13-16,21H2,1H3. The van der Waals surface area contributed by atoms with Gasteiger partial charge in [-0.2, -0.15) is 0 Å². The molecule has 0 aromatic heterocycles. The molecule has 0 aliphatic carbocycles. The van der Waals surface area contributed by atoms with Crippen LogP contribution in [-0.2, 0) is 4.79 Å². The molecule has 0 radical (unpaired) electrons. The molecule has 2 unspecified atom stereocenters. The van der Waals surface area contributed by atoms with E-state index in [2.05, 4.69) is 42.2 Å². The van der Waals surface area contributed by atoms with Crippen molar-refractivity contribution in [3.05, 3.63) is 35.9 Å². The molecular weight excluding hydrogens is 284 g/mol. The van der Waals surface area contributed by atoms with Gasteiger partial charge < -0.3 is 10.6 Å². The Morgan fingerprint density at radius 3 is 2.65 bits per heavy atom. The molecule has 23 heavy (non-hydrogen) atoms. The van der Waals surface area contributed by atoms with Gasteiger partial charge >= 0.3 is 0 Å². The summed E-state index contributed by atoms with van der Waals surface area (Å²) in [4.78, 5) is 14.8. The summed E-state index contributed by atoms with van der Waals surface area (Å²) in [5, 5.41) is 0. The van der Waals surface area contributed by atoms with Crippen LogP contribution in [-0.4, -0.2) is 29.9 Å². The van der Waals surface area contributed by atoms with Crippen molar-refractivity contribution in [2.45, 2.75) is 70.3 Å². The second-order valence-electron chi connectivity index (χ2n) is 6.68. The fourth-order valence-electron chi connectivity index (χ4n) is 3.87. The maximum Gasteiger partial charge on any atom is 0.222 e. The van der Waals surface area contributed by atoms with Crippen molar-refractivity contribution >= 4 is 5.91 Å². The van der Waals surface area contributed by atoms with Crippen LogP contribution in [0, 0.1) is 0 Å². The molecule has 1 aliphatic heterocycles. The van der Waals surface area contributed by atoms with E-state index in [1.54, 1.807) is 0 Å². The molecule has 3 heteroatoms. The predicted molar refractivity (Wildman–Crippen MR) is 96.3 cm³/mol. The SMILES string of the molecule is CCC(c1ccccc1)C1CCCN1C(=O)CCCCCCN. The van der Waals surface area contributed by atoms with Crippen molar-refractivity contribution in [3.8, 4) is 0 Å². The Balaban J connectivity index is 1.92. The normalized spacial score (nSPS) is 19.0. The Morgan fingerprint density at radius 2 is 1.96 bits per heavy atom. The quantitative estimate of drug-likeness (QED) is 0.698. The number of amides is 1. The van der Waals surface area contributed by atoms with Gasteiger partial charge in [0.05, 0.1) is 0 Å². The Morgan fingerprint density at radius 1 is 1.22 bits per heavy atom. The number of hydrogen-bond donors (Lipinski definition) is 1. The van der Waals surface area contributed by atoms with Crippen molar-refractivity contribution in [1.82, 2.24) is 4.90 Å². The van der Waals surface area contributed by atoms with E-state index in [-0.39, 0.29) is 0 Å². The molecular formula is C20H32N2O. The van der Waals surface area contributed by atoms with Gasteiger partial charge in [-0.25, -0.2) is 0 Å². The number of nitrogens with zero attached hydrogens (tertiary/aromatic N) is 1. The van der Waals surface area contributed by atoms with Crippen molar-refractivity contribution in [2.75, 3.05) is 13.1 Å². The molecule has 2 atom stereocenters. The minimum atomic E-state index is 0.356. The minimum absolute atomic E-state index is 0.356. The molecule has 2 rings (SSSR count). The third kappa shape index (κ3) is 5.07. The fourth-order valence-corrected chi connectivity index (χ4v) is 3.87. The molecule has 128 valence electrons. The summed E-state index contributed by atoms with van der Waals surface area (Å²) in [5.41, 5.74) is 6.89. The van der Waals surface area contributed by atoms with Crippen molar-refractivity contribution in [3.63, 3.8) is 0 Å². The lowest BCUT2D eigenvalue weighted by atomic mass is 9.87. The number of hydrogen-bond acceptors (Lipinski definition) is 2. The monoisotopic (exact) mass is 316 g/mol. The van der Waals surface area contributed by atoms with E-state index in [0.717, 1.165) is 58.0 Å². The highest BCUT2D eigenvalue weighted by Gasteiger charge is 2.34. The lowest BCUT2D eigenvalue weighted by Gasteiger charge is -2.32. The number of rotatable bonds is 9. The molecule has 1 fully saturated rings. The first-order valence-electron chi connectivity index (χ1n) is 9.32. The fraction of sp³-hybridized carbons (Fsp3) is 0.650. The van der Waals surface area contributed by atoms with Gasteiger partial charge in [-0.1, -0.05) is 50.1 Å². The average Bonchev–Trinajstić information content (AvgIpc) is 3.06. The van der Waals surface area contributed by atoms with Crippen LogP contribution in [0.2, 0.25) is 0 Å². The van der Waals surface area contributed by atoms with Crippen molar-refractivity contribution < 1.29 is 4.79 Å². The van der Waals surface area contributed by atoms with Crippen LogP contribution in [0.1, 0.15) is 69.8 Å². The van der Waals surface area contributed by atoms with Gasteiger partial charge in [0.15, 0.2) is 0 Å². The van der Waals surface area contributed by atoms with Gasteiger partial charge in [0.2, 0.25) is 5.91 Å². The zero-order valence-electron chi connectivity index (χ0n) is 14.5. The van der Waals surface area contributed by atoms with Gasteiger partial charge in [0.25, 0.3) is 0 Å². The Hall–Kier alpha value is -1.35. The number of nitrogens with two attached hydrogens (primary N) is 1. The highest BCUT2D eigenvalue weighted by Crippen LogP contribution is 2.34. The maximum atomic E-state index is 12.6. The van der Waals surface area contributed by atoms with Gasteiger partial charge in [-0.05, 0) is 44.2 Å². The van der Waals surface area contributed by atoms with Crippen molar-refractivity contribution in [2.24, 2.45) is 5.73 Å². The van der Waals surface area contributed by atoms with Crippen LogP contribution in [0.3, 0.4) is 0 Å². The van der Waals surface area contributed by atoms with Gasteiger partial charge in [0, 0.05) is 24.9 Å². The second-order valence-corrected chi connectivity index (χ2v) is 6.68. The maximum absolute atomic E-state index is 12.6. The number of carbonyl (C=O) groups excluding carboxylic acids is 1. The molecule has 1 heterocycles. The van der Waals surface area contributed by atoms with Gasteiger partial charge in [0.1, 0.15) is 0 Å². The zero-order valence-corrected chi connectivity index (χ0v) is 14.5. The number of carbonyl (C=O) groups is 1. The van der Waals surface area contributed by atoms with E-state index < -0.39 is 0 Å². The second kappa shape index (κ2) is 9.71. The highest BCUT2D eigenvalue weighted by atomic mass is 16.2. The average molecular weight is 316 g/mol. The lowest BCUT2D eigenvalue weighted by molar-refractivity contribution is -0.132. The molecule has 1 aromatic rings. The molecule has 1 saturated heterocycles. The van der Waals surface area contributed by atoms with Crippen LogP contribution in [0.5, 0.6) is 0 Å². The molecule has 1 amide bonds. The van der Waals surface area contributed by atoms with Gasteiger partial charge in [-0.3, -0.25) is 4.79 Å². The first-order chi connectivity index (χ1) is 11.3. The minimum Gasteiger partial charge on any atom is -0.339 e. The van der Waals surface area contributed by atoms with E-state index in [4.69, 9.17) is 5.73 Å². The molecule has 1 aliphatic rings. The Kier molecular flexibility index (Phi) is 7.60. The number of likely N-dealkylation sites (tertiary alicyclic amines) is 1. The first kappa shape index (κ1) is 18.0. The van der Waals surface area contributed by atoms with E-state index in [0.29, 0.717) is 24.3 Å². The Labute approximate surface area is 141 Å². The number of unbranched alkanes of at least 4 members (excludes halogenated alkanes) is 3. The van der Waals surface area contributed by atoms with E-state index in [9.17, 15) is 4.79 Å². The third-order valence-corrected chi connectivity index (χ3v) is 5.10. The summed E-state index contributed by atoms with van der Waals surface area (Å²) >= 11 is 0. The largest absolute Gasteiger partial charge is 0.339 e. The molecule has 0 spiro atoms. The number of benzene rings is 1. The summed E-state index contributed by atoms with van der Waals surface area (Å²) < 4.78 is 0. The summed E-state index contributed by atoms with van der Waals surface area (Å²) in [6.07, 6.45) is 8.43. The first-order valence-corrected chi connectivity index (χ1v) is 9.32. The highest BCUT2D eigenvalue weighted by molar-refractivity contribution is 5.77. The van der Waals surface area contributed by atoms with Crippen LogP contribution >= 0.6 is 0 Å². The summed E-state index contributed by atoms with van der Waals surface area (Å²) in [6.45, 7) is 3.94. The molecule has 3 nitrogen and oxygen atoms in total. The van der Waals surface area contributed by atoms with Crippen LogP contribution < -0.4 is 5.73 Å². The summed E-state index contributed by atoms with van der Waals surface area (Å²) in [7, 11) is 0. The van der Waals surface area contributed by atoms with E-state index in [1.807, 2.05) is 0 Å². The van der Waals surface area contributed by atoms with Crippen LogP contribution in [0.15, 0.2) is 30.3 Å². The lowest BCUT2D eigenvalue weighted by Crippen LogP contribution is -2.39. The third-order valence-electron chi connectivity index (χ3n) is 5.10. The predicted octanol–water partition coefficient (Wildman–Crippen LogP) is 4.08. The molecule has 0 saturated carbocycles. The summed E-state index contributed by atoms with van der Waals surface area (Å²) in [6, 6.07) is 11.1. The Bertz CT molecular complexity index is 460. The van der Waals surface area contributed by atoms with E-state index in [1.165, 1.54) is 5.56 Å². The smallest absolute Gasteiger partial charge is 0.222 e. The van der Waals surface area contributed by atoms with Crippen molar-refractivity contribution in [1.29, 1.82) is 0 Å². The van der Waals surface area contributed by atoms with Gasteiger partial charge in [-0.15, -0.1) is 0 Å². The molecule has 1 aromatic carbocycles. The van der Waals surface area contributed by atoms with Crippen LogP contribution in [0.4, 0.5) is 0 Å². The van der Waals surface area contributed by atoms with E-state index >= 15 is 0 Å². The zero-order chi connectivity index (χ0) is 16.5. The topological polar surface area (TPSA) is 46.3 Å².